The highest BCUT2D eigenvalue weighted by atomic mass is 32.1. The molecule has 4 rings (SSSR count). The molecule has 0 aliphatic rings. The van der Waals surface area contributed by atoms with E-state index in [4.69, 9.17) is 9.15 Å². The standard InChI is InChI=1S/C23H25N5O4S/c1-16-9-10-20(32-16)22(23(30)24-11-12-31-2)27(14-17-6-5-13-33-17)21(29)15-28-19-8-4-3-7-18(19)25-26-28/h3-10,13,22H,11-12,14-15H2,1-2H3,(H,24,30). The number of fused-ring (bicyclic) bond motifs is 1. The van der Waals surface area contributed by atoms with E-state index in [1.165, 1.54) is 16.2 Å². The van der Waals surface area contributed by atoms with Crippen LogP contribution in [0.2, 0.25) is 0 Å². The normalized spacial score (nSPS) is 12.1. The Balaban J connectivity index is 1.67. The Kier molecular flexibility index (Phi) is 7.16. The molecule has 9 nitrogen and oxygen atoms in total. The fourth-order valence-corrected chi connectivity index (χ4v) is 4.25. The van der Waals surface area contributed by atoms with Gasteiger partial charge in [-0.1, -0.05) is 23.4 Å². The monoisotopic (exact) mass is 467 g/mol. The van der Waals surface area contributed by atoms with Crippen LogP contribution in [0, 0.1) is 6.92 Å². The number of ether oxygens (including phenoxy) is 1. The molecule has 0 saturated carbocycles. The molecular formula is C23H25N5O4S. The van der Waals surface area contributed by atoms with Crippen molar-refractivity contribution < 1.29 is 18.7 Å². The first-order valence-electron chi connectivity index (χ1n) is 10.5. The predicted molar refractivity (Wildman–Crippen MR) is 123 cm³/mol. The van der Waals surface area contributed by atoms with Gasteiger partial charge in [0.05, 0.1) is 18.7 Å². The Labute approximate surface area is 194 Å². The Hall–Kier alpha value is -3.50. The fraction of sp³-hybridized carbons (Fsp3) is 0.304. The summed E-state index contributed by atoms with van der Waals surface area (Å²) in [5, 5.41) is 13.1. The van der Waals surface area contributed by atoms with Gasteiger partial charge in [-0.3, -0.25) is 9.59 Å². The first-order valence-corrected chi connectivity index (χ1v) is 11.4. The van der Waals surface area contributed by atoms with Crippen LogP contribution in [-0.4, -0.2) is 52.0 Å². The molecule has 0 aliphatic carbocycles. The van der Waals surface area contributed by atoms with Crippen molar-refractivity contribution in [3.05, 3.63) is 70.3 Å². The van der Waals surface area contributed by atoms with Crippen LogP contribution in [0.15, 0.2) is 58.3 Å². The number of carbonyl (C=O) groups excluding carboxylic acids is 2. The second kappa shape index (κ2) is 10.4. The van der Waals surface area contributed by atoms with Crippen molar-refractivity contribution in [1.29, 1.82) is 0 Å². The molecule has 33 heavy (non-hydrogen) atoms. The van der Waals surface area contributed by atoms with E-state index in [9.17, 15) is 9.59 Å². The number of rotatable bonds is 10. The van der Waals surface area contributed by atoms with Gasteiger partial charge in [0, 0.05) is 18.5 Å². The first kappa shape index (κ1) is 22.7. The third-order valence-corrected chi connectivity index (χ3v) is 5.99. The van der Waals surface area contributed by atoms with E-state index in [0.717, 1.165) is 10.4 Å². The largest absolute Gasteiger partial charge is 0.464 e. The number of carbonyl (C=O) groups is 2. The quantitative estimate of drug-likeness (QED) is 0.360. The lowest BCUT2D eigenvalue weighted by molar-refractivity contribution is -0.143. The predicted octanol–water partition coefficient (Wildman–Crippen LogP) is 2.93. The number of hydrogen-bond acceptors (Lipinski definition) is 7. The Morgan fingerprint density at radius 1 is 1.21 bits per heavy atom. The number of methoxy groups -OCH3 is 1. The van der Waals surface area contributed by atoms with E-state index in [1.807, 2.05) is 41.8 Å². The van der Waals surface area contributed by atoms with Gasteiger partial charge in [-0.2, -0.15) is 0 Å². The molecule has 0 fully saturated rings. The summed E-state index contributed by atoms with van der Waals surface area (Å²) in [6.07, 6.45) is 0. The third-order valence-electron chi connectivity index (χ3n) is 5.13. The smallest absolute Gasteiger partial charge is 0.250 e. The van der Waals surface area contributed by atoms with E-state index in [1.54, 1.807) is 30.8 Å². The second-order valence-corrected chi connectivity index (χ2v) is 8.50. The van der Waals surface area contributed by atoms with E-state index < -0.39 is 6.04 Å². The maximum Gasteiger partial charge on any atom is 0.250 e. The minimum atomic E-state index is -0.944. The molecule has 172 valence electrons. The topological polar surface area (TPSA) is 102 Å². The van der Waals surface area contributed by atoms with Crippen molar-refractivity contribution in [1.82, 2.24) is 25.2 Å². The van der Waals surface area contributed by atoms with Crippen LogP contribution in [0.1, 0.15) is 22.4 Å². The molecule has 2 amide bonds. The summed E-state index contributed by atoms with van der Waals surface area (Å²) in [4.78, 5) is 29.4. The van der Waals surface area contributed by atoms with E-state index >= 15 is 0 Å². The minimum absolute atomic E-state index is 0.0621. The molecule has 0 radical (unpaired) electrons. The van der Waals surface area contributed by atoms with Crippen LogP contribution < -0.4 is 5.32 Å². The van der Waals surface area contributed by atoms with Crippen molar-refractivity contribution in [2.45, 2.75) is 26.1 Å². The lowest BCUT2D eigenvalue weighted by Gasteiger charge is -2.29. The van der Waals surface area contributed by atoms with Crippen molar-refractivity contribution in [3.63, 3.8) is 0 Å². The van der Waals surface area contributed by atoms with Gasteiger partial charge in [-0.25, -0.2) is 4.68 Å². The Bertz CT molecular complexity index is 1220. The van der Waals surface area contributed by atoms with E-state index in [0.29, 0.717) is 30.2 Å². The average Bonchev–Trinajstić information content (AvgIpc) is 3.56. The minimum Gasteiger partial charge on any atom is -0.464 e. The number of nitrogens with zero attached hydrogens (tertiary/aromatic N) is 4. The maximum atomic E-state index is 13.6. The number of aromatic nitrogens is 3. The van der Waals surface area contributed by atoms with E-state index in [2.05, 4.69) is 15.6 Å². The first-order chi connectivity index (χ1) is 16.1. The highest BCUT2D eigenvalue weighted by molar-refractivity contribution is 7.09. The maximum absolute atomic E-state index is 13.6. The molecule has 1 unspecified atom stereocenters. The lowest BCUT2D eigenvalue weighted by Crippen LogP contribution is -2.45. The van der Waals surface area contributed by atoms with Crippen LogP contribution in [0.25, 0.3) is 11.0 Å². The number of thiophene rings is 1. The van der Waals surface area contributed by atoms with Crippen LogP contribution in [-0.2, 0) is 27.4 Å². The summed E-state index contributed by atoms with van der Waals surface area (Å²) in [5.74, 6) is 0.441. The number of amides is 2. The number of furan rings is 1. The highest BCUT2D eigenvalue weighted by Gasteiger charge is 2.34. The second-order valence-electron chi connectivity index (χ2n) is 7.47. The molecular weight excluding hydrogens is 442 g/mol. The molecule has 1 N–H and O–H groups in total. The number of para-hydroxylation sites is 1. The molecule has 3 aromatic heterocycles. The SMILES string of the molecule is COCCNC(=O)C(c1ccc(C)o1)N(Cc1cccs1)C(=O)Cn1nnc2ccccc21. The van der Waals surface area contributed by atoms with E-state index in [-0.39, 0.29) is 24.9 Å². The zero-order chi connectivity index (χ0) is 23.2. The van der Waals surface area contributed by atoms with Gasteiger partial charge < -0.3 is 19.4 Å². The number of hydrogen-bond donors (Lipinski definition) is 1. The highest BCUT2D eigenvalue weighted by Crippen LogP contribution is 2.27. The molecule has 0 saturated heterocycles. The van der Waals surface area contributed by atoms with Gasteiger partial charge in [-0.15, -0.1) is 16.4 Å². The van der Waals surface area contributed by atoms with Crippen molar-refractivity contribution in [3.8, 4) is 0 Å². The molecule has 0 bridgehead atoms. The summed E-state index contributed by atoms with van der Waals surface area (Å²) >= 11 is 1.52. The van der Waals surface area contributed by atoms with Crippen LogP contribution in [0.5, 0.6) is 0 Å². The molecule has 4 aromatic rings. The van der Waals surface area contributed by atoms with Crippen molar-refractivity contribution in [2.75, 3.05) is 20.3 Å². The zero-order valence-electron chi connectivity index (χ0n) is 18.4. The summed E-state index contributed by atoms with van der Waals surface area (Å²) in [7, 11) is 1.56. The number of nitrogens with one attached hydrogen (secondary N) is 1. The third kappa shape index (κ3) is 5.29. The van der Waals surface area contributed by atoms with Crippen molar-refractivity contribution >= 4 is 34.2 Å². The van der Waals surface area contributed by atoms with Gasteiger partial charge in [0.15, 0.2) is 6.04 Å². The van der Waals surface area contributed by atoms with Crippen molar-refractivity contribution in [2.24, 2.45) is 0 Å². The number of aryl methyl sites for hydroxylation is 1. The van der Waals surface area contributed by atoms with Gasteiger partial charge >= 0.3 is 0 Å². The Morgan fingerprint density at radius 3 is 2.79 bits per heavy atom. The molecule has 10 heteroatoms. The molecule has 1 aromatic carbocycles. The number of benzene rings is 1. The van der Waals surface area contributed by atoms with Gasteiger partial charge in [0.1, 0.15) is 23.6 Å². The summed E-state index contributed by atoms with van der Waals surface area (Å²) in [6, 6.07) is 13.8. The van der Waals surface area contributed by atoms with Crippen LogP contribution >= 0.6 is 11.3 Å². The fourth-order valence-electron chi connectivity index (χ4n) is 3.54. The molecule has 1 atom stereocenters. The average molecular weight is 468 g/mol. The summed E-state index contributed by atoms with van der Waals surface area (Å²) in [6.45, 7) is 2.68. The van der Waals surface area contributed by atoms with Gasteiger partial charge in [-0.05, 0) is 42.6 Å². The molecule has 3 heterocycles. The molecule has 0 aliphatic heterocycles. The Morgan fingerprint density at radius 2 is 2.06 bits per heavy atom. The lowest BCUT2D eigenvalue weighted by atomic mass is 10.1. The summed E-state index contributed by atoms with van der Waals surface area (Å²) < 4.78 is 12.4. The summed E-state index contributed by atoms with van der Waals surface area (Å²) in [5.41, 5.74) is 1.45. The van der Waals surface area contributed by atoms with Crippen LogP contribution in [0.3, 0.4) is 0 Å². The molecule has 0 spiro atoms. The van der Waals surface area contributed by atoms with Gasteiger partial charge in [0.2, 0.25) is 5.91 Å². The van der Waals surface area contributed by atoms with Crippen LogP contribution in [0.4, 0.5) is 0 Å². The van der Waals surface area contributed by atoms with Gasteiger partial charge in [0.25, 0.3) is 5.91 Å². The zero-order valence-corrected chi connectivity index (χ0v) is 19.2.